The fraction of sp³-hybridized carbons (Fsp3) is 1.00. The topological polar surface area (TPSA) is 87.6 Å². The second-order valence-electron chi connectivity index (χ2n) is 4.53. The zero-order valence-corrected chi connectivity index (χ0v) is 14.3. The standard InChI is InChI=1S/C15H33NO7/c1-18-5-2-16-3-6-19-8-10-21-12-14-23-15-13-22-11-9-20-7-4-17/h16-17H,2-15H2,1H3. The number of hydrogen-bond acceptors (Lipinski definition) is 8. The van der Waals surface area contributed by atoms with Crippen molar-refractivity contribution in [1.29, 1.82) is 0 Å². The molecule has 2 N–H and O–H groups in total. The lowest BCUT2D eigenvalue weighted by molar-refractivity contribution is -0.0130. The van der Waals surface area contributed by atoms with Gasteiger partial charge in [-0.25, -0.2) is 0 Å². The van der Waals surface area contributed by atoms with Crippen molar-refractivity contribution in [2.24, 2.45) is 0 Å². The maximum absolute atomic E-state index is 8.50. The SMILES string of the molecule is COCCNCCOCCOCCOCCOCCOCCO. The predicted molar refractivity (Wildman–Crippen MR) is 85.9 cm³/mol. The van der Waals surface area contributed by atoms with Crippen molar-refractivity contribution in [3.05, 3.63) is 0 Å². The van der Waals surface area contributed by atoms with E-state index in [1.165, 1.54) is 0 Å². The van der Waals surface area contributed by atoms with Crippen molar-refractivity contribution in [3.8, 4) is 0 Å². The summed E-state index contributed by atoms with van der Waals surface area (Å²) in [6.45, 7) is 7.75. The van der Waals surface area contributed by atoms with Gasteiger partial charge in [0.05, 0.1) is 79.3 Å². The summed E-state index contributed by atoms with van der Waals surface area (Å²) in [6.07, 6.45) is 0. The molecule has 8 heteroatoms. The van der Waals surface area contributed by atoms with Gasteiger partial charge in [-0.15, -0.1) is 0 Å². The number of rotatable bonds is 20. The summed E-state index contributed by atoms with van der Waals surface area (Å²) in [5.74, 6) is 0. The number of hydrogen-bond donors (Lipinski definition) is 2. The highest BCUT2D eigenvalue weighted by Gasteiger charge is 1.93. The molecular formula is C15H33NO7. The minimum atomic E-state index is 0.0411. The van der Waals surface area contributed by atoms with Gasteiger partial charge in [-0.1, -0.05) is 0 Å². The summed E-state index contributed by atoms with van der Waals surface area (Å²) in [6, 6.07) is 0. The van der Waals surface area contributed by atoms with E-state index in [1.807, 2.05) is 0 Å². The van der Waals surface area contributed by atoms with Gasteiger partial charge >= 0.3 is 0 Å². The second-order valence-corrected chi connectivity index (χ2v) is 4.53. The fourth-order valence-corrected chi connectivity index (χ4v) is 1.49. The lowest BCUT2D eigenvalue weighted by Crippen LogP contribution is -2.24. The first kappa shape index (κ1) is 22.7. The Bertz CT molecular complexity index is 190. The number of ether oxygens (including phenoxy) is 6. The molecule has 0 aromatic rings. The second kappa shape index (κ2) is 21.7. The minimum Gasteiger partial charge on any atom is -0.394 e. The van der Waals surface area contributed by atoms with Crippen LogP contribution < -0.4 is 5.32 Å². The zero-order chi connectivity index (χ0) is 16.8. The summed E-state index contributed by atoms with van der Waals surface area (Å²) >= 11 is 0. The Labute approximate surface area is 139 Å². The average Bonchev–Trinajstić information content (AvgIpc) is 2.57. The Morgan fingerprint density at radius 1 is 0.565 bits per heavy atom. The molecule has 0 saturated heterocycles. The van der Waals surface area contributed by atoms with Crippen LogP contribution in [0, 0.1) is 0 Å². The molecule has 0 aliphatic carbocycles. The summed E-state index contributed by atoms with van der Waals surface area (Å²) in [7, 11) is 1.68. The van der Waals surface area contributed by atoms with Gasteiger partial charge in [0.1, 0.15) is 0 Å². The lowest BCUT2D eigenvalue weighted by atomic mass is 10.6. The van der Waals surface area contributed by atoms with Crippen LogP contribution in [-0.2, 0) is 28.4 Å². The Morgan fingerprint density at radius 2 is 0.957 bits per heavy atom. The molecule has 0 saturated carbocycles. The van der Waals surface area contributed by atoms with Crippen molar-refractivity contribution in [2.45, 2.75) is 0 Å². The molecule has 0 aromatic carbocycles. The van der Waals surface area contributed by atoms with E-state index in [1.54, 1.807) is 7.11 Å². The van der Waals surface area contributed by atoms with Gasteiger partial charge in [-0.3, -0.25) is 0 Å². The molecule has 0 bridgehead atoms. The third-order valence-corrected chi connectivity index (χ3v) is 2.63. The summed E-state index contributed by atoms with van der Waals surface area (Å²) in [5, 5.41) is 11.7. The normalized spacial score (nSPS) is 11.2. The fourth-order valence-electron chi connectivity index (χ4n) is 1.49. The van der Waals surface area contributed by atoms with E-state index in [4.69, 9.17) is 33.5 Å². The molecule has 0 atom stereocenters. The molecule has 8 nitrogen and oxygen atoms in total. The van der Waals surface area contributed by atoms with Gasteiger partial charge in [0.15, 0.2) is 0 Å². The highest BCUT2D eigenvalue weighted by Crippen LogP contribution is 1.83. The van der Waals surface area contributed by atoms with Gasteiger partial charge in [0.2, 0.25) is 0 Å². The van der Waals surface area contributed by atoms with Crippen molar-refractivity contribution in [1.82, 2.24) is 5.32 Å². The van der Waals surface area contributed by atoms with Crippen molar-refractivity contribution < 1.29 is 33.5 Å². The monoisotopic (exact) mass is 339 g/mol. The molecule has 0 radical (unpaired) electrons. The maximum Gasteiger partial charge on any atom is 0.0701 e. The van der Waals surface area contributed by atoms with Crippen LogP contribution in [0.15, 0.2) is 0 Å². The van der Waals surface area contributed by atoms with Crippen molar-refractivity contribution in [3.63, 3.8) is 0 Å². The first-order valence-electron chi connectivity index (χ1n) is 8.11. The first-order chi connectivity index (χ1) is 11.4. The highest BCUT2D eigenvalue weighted by molar-refractivity contribution is 4.44. The van der Waals surface area contributed by atoms with Crippen LogP contribution in [0.4, 0.5) is 0 Å². The number of aliphatic hydroxyl groups is 1. The van der Waals surface area contributed by atoms with Gasteiger partial charge < -0.3 is 38.8 Å². The van der Waals surface area contributed by atoms with Crippen LogP contribution in [0.1, 0.15) is 0 Å². The van der Waals surface area contributed by atoms with E-state index in [2.05, 4.69) is 5.32 Å². The average molecular weight is 339 g/mol. The van der Waals surface area contributed by atoms with E-state index in [0.29, 0.717) is 72.7 Å². The summed E-state index contributed by atoms with van der Waals surface area (Å²) < 4.78 is 31.4. The van der Waals surface area contributed by atoms with Gasteiger partial charge in [-0.2, -0.15) is 0 Å². The maximum atomic E-state index is 8.50. The minimum absolute atomic E-state index is 0.0411. The van der Waals surface area contributed by atoms with Crippen LogP contribution in [0.3, 0.4) is 0 Å². The Morgan fingerprint density at radius 3 is 1.39 bits per heavy atom. The van der Waals surface area contributed by atoms with Crippen LogP contribution in [0.25, 0.3) is 0 Å². The van der Waals surface area contributed by atoms with Gasteiger partial charge in [0.25, 0.3) is 0 Å². The molecule has 0 rings (SSSR count). The molecule has 0 spiro atoms. The van der Waals surface area contributed by atoms with E-state index in [9.17, 15) is 0 Å². The molecule has 23 heavy (non-hydrogen) atoms. The summed E-state index contributed by atoms with van der Waals surface area (Å²) in [5.41, 5.74) is 0. The van der Waals surface area contributed by atoms with E-state index in [0.717, 1.165) is 13.1 Å². The molecule has 0 aliphatic heterocycles. The number of nitrogens with one attached hydrogen (secondary N) is 1. The Kier molecular flexibility index (Phi) is 21.4. The molecule has 0 unspecified atom stereocenters. The lowest BCUT2D eigenvalue weighted by Gasteiger charge is -2.08. The molecule has 140 valence electrons. The zero-order valence-electron chi connectivity index (χ0n) is 14.3. The van der Waals surface area contributed by atoms with Crippen LogP contribution in [0.2, 0.25) is 0 Å². The van der Waals surface area contributed by atoms with Gasteiger partial charge in [-0.05, 0) is 0 Å². The number of methoxy groups -OCH3 is 1. The third kappa shape index (κ3) is 21.7. The van der Waals surface area contributed by atoms with Gasteiger partial charge in [0, 0.05) is 20.2 Å². The third-order valence-electron chi connectivity index (χ3n) is 2.63. The molecule has 0 fully saturated rings. The molecule has 0 amide bonds. The van der Waals surface area contributed by atoms with E-state index >= 15 is 0 Å². The Balaban J connectivity index is 2.92. The van der Waals surface area contributed by atoms with E-state index in [-0.39, 0.29) is 6.61 Å². The molecular weight excluding hydrogens is 306 g/mol. The summed E-state index contributed by atoms with van der Waals surface area (Å²) in [4.78, 5) is 0. The van der Waals surface area contributed by atoms with Crippen molar-refractivity contribution in [2.75, 3.05) is 99.5 Å². The quantitative estimate of drug-likeness (QED) is 0.282. The smallest absolute Gasteiger partial charge is 0.0701 e. The van der Waals surface area contributed by atoms with Crippen LogP contribution in [0.5, 0.6) is 0 Å². The molecule has 0 heterocycles. The first-order valence-corrected chi connectivity index (χ1v) is 8.11. The number of aliphatic hydroxyl groups excluding tert-OH is 1. The predicted octanol–water partition coefficient (Wildman–Crippen LogP) is -0.702. The largest absolute Gasteiger partial charge is 0.394 e. The van der Waals surface area contributed by atoms with E-state index < -0.39 is 0 Å². The highest BCUT2D eigenvalue weighted by atomic mass is 16.6. The molecule has 0 aliphatic rings. The van der Waals surface area contributed by atoms with Crippen LogP contribution >= 0.6 is 0 Å². The molecule has 0 aromatic heterocycles. The van der Waals surface area contributed by atoms with Crippen LogP contribution in [-0.4, -0.2) is 105 Å². The Hall–Kier alpha value is -0.320. The van der Waals surface area contributed by atoms with Crippen molar-refractivity contribution >= 4 is 0 Å².